The summed E-state index contributed by atoms with van der Waals surface area (Å²) < 4.78 is 0. The van der Waals surface area contributed by atoms with Crippen LogP contribution in [-0.2, 0) is 6.42 Å². The molecule has 2 rings (SSSR count). The quantitative estimate of drug-likeness (QED) is 0.836. The Morgan fingerprint density at radius 2 is 2.12 bits per heavy atom. The van der Waals surface area contributed by atoms with Crippen LogP contribution < -0.4 is 5.73 Å². The molecule has 1 aromatic rings. The zero-order chi connectivity index (χ0) is 12.3. The summed E-state index contributed by atoms with van der Waals surface area (Å²) >= 11 is 0. The van der Waals surface area contributed by atoms with E-state index in [4.69, 9.17) is 5.73 Å². The van der Waals surface area contributed by atoms with E-state index in [0.717, 1.165) is 12.3 Å². The molecule has 0 saturated heterocycles. The first-order valence-electron chi connectivity index (χ1n) is 7.05. The van der Waals surface area contributed by atoms with E-state index in [0.29, 0.717) is 12.0 Å². The Bertz CT molecular complexity index is 358. The molecule has 3 atom stereocenters. The Kier molecular flexibility index (Phi) is 4.22. The molecule has 1 heteroatoms. The number of hydrogen-bond acceptors (Lipinski definition) is 1. The molecule has 1 aliphatic carbocycles. The first-order chi connectivity index (χ1) is 8.22. The van der Waals surface area contributed by atoms with Crippen molar-refractivity contribution in [3.05, 3.63) is 35.4 Å². The number of benzene rings is 1. The van der Waals surface area contributed by atoms with Gasteiger partial charge in [-0.25, -0.2) is 0 Å². The monoisotopic (exact) mass is 231 g/mol. The van der Waals surface area contributed by atoms with Gasteiger partial charge in [0, 0.05) is 6.04 Å². The van der Waals surface area contributed by atoms with Crippen LogP contribution in [0.15, 0.2) is 24.3 Å². The van der Waals surface area contributed by atoms with Crippen molar-refractivity contribution in [2.45, 2.75) is 57.9 Å². The van der Waals surface area contributed by atoms with Crippen LogP contribution in [0.4, 0.5) is 0 Å². The first kappa shape index (κ1) is 12.6. The Morgan fingerprint density at radius 3 is 2.88 bits per heavy atom. The molecule has 0 amide bonds. The van der Waals surface area contributed by atoms with Crippen LogP contribution in [-0.4, -0.2) is 6.04 Å². The second-order valence-electron chi connectivity index (χ2n) is 5.62. The second kappa shape index (κ2) is 5.68. The highest BCUT2D eigenvalue weighted by Gasteiger charge is 2.28. The first-order valence-corrected chi connectivity index (χ1v) is 7.05. The molecule has 0 spiro atoms. The van der Waals surface area contributed by atoms with Crippen LogP contribution >= 0.6 is 0 Å². The van der Waals surface area contributed by atoms with Crippen molar-refractivity contribution < 1.29 is 0 Å². The van der Waals surface area contributed by atoms with Crippen molar-refractivity contribution in [2.75, 3.05) is 0 Å². The maximum atomic E-state index is 6.21. The highest BCUT2D eigenvalue weighted by atomic mass is 14.6. The molecular formula is C16H25N. The summed E-state index contributed by atoms with van der Waals surface area (Å²) in [6.45, 7) is 4.67. The van der Waals surface area contributed by atoms with E-state index in [1.165, 1.54) is 31.2 Å². The van der Waals surface area contributed by atoms with Gasteiger partial charge in [-0.3, -0.25) is 0 Å². The average molecular weight is 231 g/mol. The number of nitrogens with two attached hydrogens (primary N) is 1. The molecule has 0 saturated carbocycles. The summed E-state index contributed by atoms with van der Waals surface area (Å²) in [5, 5.41) is 0. The second-order valence-corrected chi connectivity index (χ2v) is 5.62. The SMILES string of the molecule is CCCCC(C)C1CC(N)Cc2ccccc21. The van der Waals surface area contributed by atoms with Crippen molar-refractivity contribution in [2.24, 2.45) is 11.7 Å². The van der Waals surface area contributed by atoms with Crippen molar-refractivity contribution in [3.8, 4) is 0 Å². The maximum absolute atomic E-state index is 6.21. The highest BCUT2D eigenvalue weighted by molar-refractivity contribution is 5.34. The zero-order valence-electron chi connectivity index (χ0n) is 11.2. The summed E-state index contributed by atoms with van der Waals surface area (Å²) in [6, 6.07) is 9.25. The number of unbranched alkanes of at least 4 members (excludes halogenated alkanes) is 1. The van der Waals surface area contributed by atoms with Gasteiger partial charge in [0.15, 0.2) is 0 Å². The minimum Gasteiger partial charge on any atom is -0.327 e. The Hall–Kier alpha value is -0.820. The van der Waals surface area contributed by atoms with Crippen molar-refractivity contribution in [1.82, 2.24) is 0 Å². The topological polar surface area (TPSA) is 26.0 Å². The lowest BCUT2D eigenvalue weighted by Crippen LogP contribution is -2.32. The Labute approximate surface area is 105 Å². The third-order valence-corrected chi connectivity index (χ3v) is 4.19. The number of rotatable bonds is 4. The van der Waals surface area contributed by atoms with Crippen LogP contribution in [0.25, 0.3) is 0 Å². The Morgan fingerprint density at radius 1 is 1.35 bits per heavy atom. The van der Waals surface area contributed by atoms with E-state index in [1.54, 1.807) is 5.56 Å². The standard InChI is InChI=1S/C16H25N/c1-3-4-7-12(2)16-11-14(17)10-13-8-5-6-9-15(13)16/h5-6,8-9,12,14,16H,3-4,7,10-11,17H2,1-2H3. The van der Waals surface area contributed by atoms with Gasteiger partial charge in [-0.2, -0.15) is 0 Å². The van der Waals surface area contributed by atoms with E-state index in [1.807, 2.05) is 0 Å². The molecule has 0 bridgehead atoms. The zero-order valence-corrected chi connectivity index (χ0v) is 11.2. The van der Waals surface area contributed by atoms with Crippen LogP contribution in [0.2, 0.25) is 0 Å². The lowest BCUT2D eigenvalue weighted by atomic mass is 9.73. The lowest BCUT2D eigenvalue weighted by Gasteiger charge is -2.33. The lowest BCUT2D eigenvalue weighted by molar-refractivity contribution is 0.354. The van der Waals surface area contributed by atoms with Crippen LogP contribution in [0.3, 0.4) is 0 Å². The smallest absolute Gasteiger partial charge is 0.00853 e. The third-order valence-electron chi connectivity index (χ3n) is 4.19. The van der Waals surface area contributed by atoms with Crippen molar-refractivity contribution in [3.63, 3.8) is 0 Å². The third kappa shape index (κ3) is 2.90. The molecule has 1 aliphatic rings. The molecule has 17 heavy (non-hydrogen) atoms. The molecule has 3 unspecified atom stereocenters. The fraction of sp³-hybridized carbons (Fsp3) is 0.625. The van der Waals surface area contributed by atoms with E-state index in [-0.39, 0.29) is 0 Å². The minimum atomic E-state index is 0.360. The predicted octanol–water partition coefficient (Wildman–Crippen LogP) is 3.87. The van der Waals surface area contributed by atoms with Crippen LogP contribution in [0.1, 0.15) is 56.6 Å². The summed E-state index contributed by atoms with van der Waals surface area (Å²) in [7, 11) is 0. The van der Waals surface area contributed by atoms with Gasteiger partial charge >= 0.3 is 0 Å². The largest absolute Gasteiger partial charge is 0.327 e. The maximum Gasteiger partial charge on any atom is 0.00853 e. The fourth-order valence-corrected chi connectivity index (χ4v) is 3.17. The molecule has 2 N–H and O–H groups in total. The molecule has 0 radical (unpaired) electrons. The van der Waals surface area contributed by atoms with Gasteiger partial charge in [0.2, 0.25) is 0 Å². The fourth-order valence-electron chi connectivity index (χ4n) is 3.17. The van der Waals surface area contributed by atoms with Gasteiger partial charge in [0.1, 0.15) is 0 Å². The summed E-state index contributed by atoms with van der Waals surface area (Å²) in [4.78, 5) is 0. The molecule has 0 aromatic heterocycles. The van der Waals surface area contributed by atoms with Gasteiger partial charge in [0.05, 0.1) is 0 Å². The normalized spacial score (nSPS) is 25.4. The van der Waals surface area contributed by atoms with Gasteiger partial charge < -0.3 is 5.73 Å². The molecule has 0 heterocycles. The van der Waals surface area contributed by atoms with Crippen LogP contribution in [0.5, 0.6) is 0 Å². The number of hydrogen-bond donors (Lipinski definition) is 1. The molecule has 0 fully saturated rings. The van der Waals surface area contributed by atoms with E-state index >= 15 is 0 Å². The van der Waals surface area contributed by atoms with Crippen molar-refractivity contribution in [1.29, 1.82) is 0 Å². The molecule has 1 aromatic carbocycles. The van der Waals surface area contributed by atoms with E-state index in [9.17, 15) is 0 Å². The molecule has 94 valence electrons. The predicted molar refractivity (Wildman–Crippen MR) is 74.2 cm³/mol. The van der Waals surface area contributed by atoms with Gasteiger partial charge in [0.25, 0.3) is 0 Å². The van der Waals surface area contributed by atoms with Gasteiger partial charge in [-0.05, 0) is 35.8 Å². The molecule has 1 nitrogen and oxygen atoms in total. The summed E-state index contributed by atoms with van der Waals surface area (Å²) in [5.74, 6) is 1.45. The van der Waals surface area contributed by atoms with E-state index < -0.39 is 0 Å². The number of fused-ring (bicyclic) bond motifs is 1. The van der Waals surface area contributed by atoms with Gasteiger partial charge in [-0.1, -0.05) is 57.4 Å². The summed E-state index contributed by atoms with van der Waals surface area (Å²) in [6.07, 6.45) is 6.21. The average Bonchev–Trinajstić information content (AvgIpc) is 2.34. The Balaban J connectivity index is 2.17. The molecule has 0 aliphatic heterocycles. The van der Waals surface area contributed by atoms with E-state index in [2.05, 4.69) is 38.1 Å². The minimum absolute atomic E-state index is 0.360. The van der Waals surface area contributed by atoms with Crippen LogP contribution in [0, 0.1) is 5.92 Å². The highest BCUT2D eigenvalue weighted by Crippen LogP contribution is 2.38. The van der Waals surface area contributed by atoms with Crippen molar-refractivity contribution >= 4 is 0 Å². The van der Waals surface area contributed by atoms with Gasteiger partial charge in [-0.15, -0.1) is 0 Å². The molecular weight excluding hydrogens is 206 g/mol. The summed E-state index contributed by atoms with van der Waals surface area (Å²) in [5.41, 5.74) is 9.26.